The van der Waals surface area contributed by atoms with E-state index in [4.69, 9.17) is 10.5 Å². The summed E-state index contributed by atoms with van der Waals surface area (Å²) in [5.74, 6) is 0.374. The Hall–Kier alpha value is -1.14. The molecule has 0 aliphatic carbocycles. The number of nitrogens with zero attached hydrogens (tertiary/aromatic N) is 2. The van der Waals surface area contributed by atoms with Crippen LogP contribution >= 0.6 is 11.3 Å². The second kappa shape index (κ2) is 5.46. The van der Waals surface area contributed by atoms with Gasteiger partial charge in [0.2, 0.25) is 5.91 Å². The van der Waals surface area contributed by atoms with Gasteiger partial charge in [-0.1, -0.05) is 0 Å². The van der Waals surface area contributed by atoms with Gasteiger partial charge in [-0.25, -0.2) is 4.98 Å². The van der Waals surface area contributed by atoms with Gasteiger partial charge in [0.1, 0.15) is 6.61 Å². The molecular weight excluding hydrogens is 238 g/mol. The predicted octanol–water partition coefficient (Wildman–Crippen LogP) is 1.08. The summed E-state index contributed by atoms with van der Waals surface area (Å²) in [5, 5.41) is 2.59. The predicted molar refractivity (Wildman–Crippen MR) is 67.0 cm³/mol. The number of hydrogen-bond donors (Lipinski definition) is 1. The summed E-state index contributed by atoms with van der Waals surface area (Å²) in [5.41, 5.74) is 6.65. The largest absolute Gasteiger partial charge is 0.375 e. The average Bonchev–Trinajstić information content (AvgIpc) is 2.76. The number of likely N-dealkylation sites (tertiary alicyclic amines) is 1. The van der Waals surface area contributed by atoms with Crippen LogP contribution in [0.15, 0.2) is 5.38 Å². The number of carbonyl (C=O) groups is 1. The van der Waals surface area contributed by atoms with Crippen LogP contribution in [0.25, 0.3) is 0 Å². The van der Waals surface area contributed by atoms with Crippen LogP contribution in [0.1, 0.15) is 24.5 Å². The summed E-state index contributed by atoms with van der Waals surface area (Å²) in [7, 11) is 1.54. The zero-order valence-electron chi connectivity index (χ0n) is 9.89. The molecule has 1 aliphatic rings. The van der Waals surface area contributed by atoms with Gasteiger partial charge in [0, 0.05) is 31.5 Å². The number of piperidine rings is 1. The normalized spacial score (nSPS) is 20.5. The Kier molecular flexibility index (Phi) is 3.96. The van der Waals surface area contributed by atoms with Gasteiger partial charge in [0.15, 0.2) is 5.13 Å². The molecule has 1 fully saturated rings. The third-order valence-electron chi connectivity index (χ3n) is 3.00. The molecular formula is C11H17N3O2S. The molecule has 1 unspecified atom stereocenters. The van der Waals surface area contributed by atoms with E-state index in [9.17, 15) is 4.79 Å². The topological polar surface area (TPSA) is 68.5 Å². The molecule has 17 heavy (non-hydrogen) atoms. The van der Waals surface area contributed by atoms with Crippen LogP contribution in [0, 0.1) is 0 Å². The fourth-order valence-electron chi connectivity index (χ4n) is 2.15. The summed E-state index contributed by atoms with van der Waals surface area (Å²) < 4.78 is 4.88. The molecule has 1 atom stereocenters. The van der Waals surface area contributed by atoms with Gasteiger partial charge < -0.3 is 15.4 Å². The van der Waals surface area contributed by atoms with Gasteiger partial charge in [-0.2, -0.15) is 0 Å². The summed E-state index contributed by atoms with van der Waals surface area (Å²) in [6.07, 6.45) is 2.08. The van der Waals surface area contributed by atoms with Crippen molar-refractivity contribution in [1.82, 2.24) is 9.88 Å². The molecule has 6 heteroatoms. The van der Waals surface area contributed by atoms with E-state index in [1.165, 1.54) is 11.3 Å². The highest BCUT2D eigenvalue weighted by Crippen LogP contribution is 2.28. The van der Waals surface area contributed by atoms with Crippen molar-refractivity contribution in [3.05, 3.63) is 11.1 Å². The Morgan fingerprint density at radius 3 is 3.24 bits per heavy atom. The maximum atomic E-state index is 11.7. The van der Waals surface area contributed by atoms with Crippen molar-refractivity contribution < 1.29 is 9.53 Å². The van der Waals surface area contributed by atoms with E-state index in [-0.39, 0.29) is 12.5 Å². The van der Waals surface area contributed by atoms with Crippen LogP contribution < -0.4 is 5.73 Å². The second-order valence-corrected chi connectivity index (χ2v) is 5.11. The molecule has 1 saturated heterocycles. The molecule has 2 rings (SSSR count). The van der Waals surface area contributed by atoms with Crippen LogP contribution in [-0.2, 0) is 9.53 Å². The van der Waals surface area contributed by atoms with Crippen molar-refractivity contribution in [1.29, 1.82) is 0 Å². The van der Waals surface area contributed by atoms with Crippen LogP contribution in [0.4, 0.5) is 5.13 Å². The minimum Gasteiger partial charge on any atom is -0.375 e. The van der Waals surface area contributed by atoms with Crippen molar-refractivity contribution in [2.45, 2.75) is 18.8 Å². The Labute approximate surface area is 105 Å². The van der Waals surface area contributed by atoms with E-state index >= 15 is 0 Å². The molecule has 1 aromatic rings. The molecule has 2 N–H and O–H groups in total. The molecule has 0 aromatic carbocycles. The Balaban J connectivity index is 1.99. The van der Waals surface area contributed by atoms with Crippen LogP contribution in [0.3, 0.4) is 0 Å². The molecule has 1 aliphatic heterocycles. The van der Waals surface area contributed by atoms with Crippen molar-refractivity contribution in [2.24, 2.45) is 0 Å². The lowest BCUT2D eigenvalue weighted by Gasteiger charge is -2.31. The fourth-order valence-corrected chi connectivity index (χ4v) is 2.79. The van der Waals surface area contributed by atoms with E-state index in [2.05, 4.69) is 4.98 Å². The van der Waals surface area contributed by atoms with E-state index in [0.29, 0.717) is 11.0 Å². The van der Waals surface area contributed by atoms with Crippen molar-refractivity contribution >= 4 is 22.4 Å². The first kappa shape index (κ1) is 12.3. The number of aromatic nitrogens is 1. The van der Waals surface area contributed by atoms with Gasteiger partial charge in [0.05, 0.1) is 5.69 Å². The molecule has 1 amide bonds. The van der Waals surface area contributed by atoms with E-state index in [1.54, 1.807) is 7.11 Å². The SMILES string of the molecule is COCC(=O)N1CCCC(c2csc(N)n2)C1. The number of carbonyl (C=O) groups excluding carboxylic acids is 1. The van der Waals surface area contributed by atoms with Crippen LogP contribution in [0.5, 0.6) is 0 Å². The molecule has 0 bridgehead atoms. The van der Waals surface area contributed by atoms with E-state index in [0.717, 1.165) is 31.6 Å². The summed E-state index contributed by atoms with van der Waals surface area (Å²) in [6.45, 7) is 1.70. The van der Waals surface area contributed by atoms with Crippen LogP contribution in [-0.4, -0.2) is 42.6 Å². The third-order valence-corrected chi connectivity index (χ3v) is 3.69. The number of anilines is 1. The summed E-state index contributed by atoms with van der Waals surface area (Å²) in [6, 6.07) is 0. The highest BCUT2D eigenvalue weighted by molar-refractivity contribution is 7.13. The zero-order valence-corrected chi connectivity index (χ0v) is 10.7. The number of methoxy groups -OCH3 is 1. The maximum absolute atomic E-state index is 11.7. The Bertz CT molecular complexity index is 394. The summed E-state index contributed by atoms with van der Waals surface area (Å²) >= 11 is 1.46. The van der Waals surface area contributed by atoms with E-state index in [1.807, 2.05) is 10.3 Å². The van der Waals surface area contributed by atoms with Gasteiger partial charge in [-0.3, -0.25) is 4.79 Å². The van der Waals surface area contributed by atoms with Crippen LogP contribution in [0.2, 0.25) is 0 Å². The lowest BCUT2D eigenvalue weighted by Crippen LogP contribution is -2.40. The number of ether oxygens (including phenoxy) is 1. The Morgan fingerprint density at radius 1 is 1.76 bits per heavy atom. The standard InChI is InChI=1S/C11H17N3O2S/c1-16-6-10(15)14-4-2-3-8(5-14)9-7-17-11(12)13-9/h7-8H,2-6H2,1H3,(H2,12,13). The minimum atomic E-state index is 0.0559. The number of amides is 1. The zero-order chi connectivity index (χ0) is 12.3. The average molecular weight is 255 g/mol. The van der Waals surface area contributed by atoms with Crippen molar-refractivity contribution in [3.8, 4) is 0 Å². The number of rotatable bonds is 3. The third kappa shape index (κ3) is 2.95. The molecule has 0 saturated carbocycles. The van der Waals surface area contributed by atoms with E-state index < -0.39 is 0 Å². The number of hydrogen-bond acceptors (Lipinski definition) is 5. The fraction of sp³-hybridized carbons (Fsp3) is 0.636. The maximum Gasteiger partial charge on any atom is 0.248 e. The van der Waals surface area contributed by atoms with Crippen molar-refractivity contribution in [2.75, 3.05) is 32.5 Å². The smallest absolute Gasteiger partial charge is 0.248 e. The molecule has 0 radical (unpaired) electrons. The molecule has 0 spiro atoms. The van der Waals surface area contributed by atoms with Crippen molar-refractivity contribution in [3.63, 3.8) is 0 Å². The lowest BCUT2D eigenvalue weighted by molar-refractivity contribution is -0.136. The van der Waals surface area contributed by atoms with Gasteiger partial charge in [0.25, 0.3) is 0 Å². The minimum absolute atomic E-state index is 0.0559. The van der Waals surface area contributed by atoms with Gasteiger partial charge in [-0.05, 0) is 12.8 Å². The Morgan fingerprint density at radius 2 is 2.59 bits per heavy atom. The number of thiazole rings is 1. The van der Waals surface area contributed by atoms with Gasteiger partial charge >= 0.3 is 0 Å². The number of nitrogen functional groups attached to an aromatic ring is 1. The monoisotopic (exact) mass is 255 g/mol. The first-order valence-electron chi connectivity index (χ1n) is 5.68. The lowest BCUT2D eigenvalue weighted by atomic mass is 9.95. The molecule has 1 aromatic heterocycles. The highest BCUT2D eigenvalue weighted by Gasteiger charge is 2.25. The highest BCUT2D eigenvalue weighted by atomic mass is 32.1. The quantitative estimate of drug-likeness (QED) is 0.877. The molecule has 5 nitrogen and oxygen atoms in total. The number of nitrogens with two attached hydrogens (primary N) is 1. The molecule has 2 heterocycles. The first-order valence-corrected chi connectivity index (χ1v) is 6.56. The second-order valence-electron chi connectivity index (χ2n) is 4.22. The van der Waals surface area contributed by atoms with Gasteiger partial charge in [-0.15, -0.1) is 11.3 Å². The first-order chi connectivity index (χ1) is 8.20. The summed E-state index contributed by atoms with van der Waals surface area (Å²) in [4.78, 5) is 17.9. The molecule has 94 valence electrons.